The summed E-state index contributed by atoms with van der Waals surface area (Å²) in [4.78, 5) is 6.19. The molecular formula is C25H18ClF3N4OS. The predicted octanol–water partition coefficient (Wildman–Crippen LogP) is 6.43. The summed E-state index contributed by atoms with van der Waals surface area (Å²) in [5, 5.41) is 14.6. The number of rotatable bonds is 4. The van der Waals surface area contributed by atoms with E-state index in [1.54, 1.807) is 52.2 Å². The molecule has 0 aliphatic carbocycles. The van der Waals surface area contributed by atoms with Gasteiger partial charge in [-0.2, -0.15) is 13.2 Å². The first-order chi connectivity index (χ1) is 16.7. The Morgan fingerprint density at radius 2 is 1.83 bits per heavy atom. The van der Waals surface area contributed by atoms with Gasteiger partial charge >= 0.3 is 6.18 Å². The molecule has 2 N–H and O–H groups in total. The molecule has 2 atom stereocenters. The van der Waals surface area contributed by atoms with Crippen LogP contribution in [0.1, 0.15) is 29.0 Å². The van der Waals surface area contributed by atoms with Crippen LogP contribution < -0.4 is 10.2 Å². The van der Waals surface area contributed by atoms with Gasteiger partial charge < -0.3 is 19.9 Å². The Morgan fingerprint density at radius 1 is 1.00 bits per heavy atom. The molecule has 1 aliphatic rings. The van der Waals surface area contributed by atoms with E-state index in [1.165, 1.54) is 12.1 Å². The van der Waals surface area contributed by atoms with Gasteiger partial charge in [-0.1, -0.05) is 23.7 Å². The molecule has 0 amide bonds. The third-order valence-electron chi connectivity index (χ3n) is 5.83. The lowest BCUT2D eigenvalue weighted by atomic mass is 10.0. The molecule has 1 saturated heterocycles. The molecule has 5 nitrogen and oxygen atoms in total. The number of hydrogen-bond donors (Lipinski definition) is 2. The minimum atomic E-state index is -4.48. The van der Waals surface area contributed by atoms with Gasteiger partial charge in [-0.05, 0) is 72.9 Å². The fourth-order valence-corrected chi connectivity index (χ4v) is 4.81. The highest BCUT2D eigenvalue weighted by atomic mass is 35.5. The number of phenols is 1. The van der Waals surface area contributed by atoms with Gasteiger partial charge in [0.15, 0.2) is 5.11 Å². The third-order valence-corrected chi connectivity index (χ3v) is 6.38. The maximum Gasteiger partial charge on any atom is 0.416 e. The van der Waals surface area contributed by atoms with Crippen LogP contribution in [0, 0.1) is 0 Å². The number of alkyl halides is 3. The van der Waals surface area contributed by atoms with E-state index in [2.05, 4.69) is 10.3 Å². The van der Waals surface area contributed by atoms with E-state index < -0.39 is 23.8 Å². The van der Waals surface area contributed by atoms with Crippen LogP contribution in [-0.2, 0) is 6.18 Å². The Kier molecular flexibility index (Phi) is 5.90. The Balaban J connectivity index is 1.69. The first-order valence-electron chi connectivity index (χ1n) is 10.6. The smallest absolute Gasteiger partial charge is 0.416 e. The zero-order chi connectivity index (χ0) is 24.7. The lowest BCUT2D eigenvalue weighted by Crippen LogP contribution is -2.30. The molecule has 2 aromatic heterocycles. The standard InChI is InChI=1S/C25H18ClF3N4OS/c26-16-9-10-21(34)20(14-16)33-23(22(31-24(33)35)18-7-1-2-11-30-18)19-8-4-12-32(19)17-6-3-5-15(13-17)25(27,28)29/h1-14,22-23,34H,(H,31,35)/t22-,23+/m1/s1. The molecule has 0 spiro atoms. The zero-order valence-corrected chi connectivity index (χ0v) is 19.5. The maximum absolute atomic E-state index is 13.4. The van der Waals surface area contributed by atoms with Gasteiger partial charge in [-0.15, -0.1) is 0 Å². The van der Waals surface area contributed by atoms with Crippen LogP contribution in [0.2, 0.25) is 5.02 Å². The third kappa shape index (κ3) is 4.33. The van der Waals surface area contributed by atoms with Gasteiger partial charge in [-0.3, -0.25) is 4.98 Å². The van der Waals surface area contributed by atoms with Gasteiger partial charge in [0.1, 0.15) is 11.8 Å². The monoisotopic (exact) mass is 514 g/mol. The summed E-state index contributed by atoms with van der Waals surface area (Å²) < 4.78 is 41.9. The number of pyridine rings is 1. The number of aromatic hydroxyl groups is 1. The van der Waals surface area contributed by atoms with Crippen LogP contribution in [0.15, 0.2) is 85.2 Å². The van der Waals surface area contributed by atoms with Gasteiger partial charge in [0.25, 0.3) is 0 Å². The van der Waals surface area contributed by atoms with Crippen molar-refractivity contribution < 1.29 is 18.3 Å². The van der Waals surface area contributed by atoms with Crippen LogP contribution in [0.4, 0.5) is 18.9 Å². The van der Waals surface area contributed by atoms with E-state index in [9.17, 15) is 18.3 Å². The lowest BCUT2D eigenvalue weighted by Gasteiger charge is -2.29. The normalized spacial score (nSPS) is 18.1. The van der Waals surface area contributed by atoms with E-state index in [0.717, 1.165) is 12.1 Å². The minimum Gasteiger partial charge on any atom is -0.506 e. The Hall–Kier alpha value is -3.56. The van der Waals surface area contributed by atoms with E-state index >= 15 is 0 Å². The predicted molar refractivity (Wildman–Crippen MR) is 132 cm³/mol. The number of anilines is 1. The summed E-state index contributed by atoms with van der Waals surface area (Å²) in [6.07, 6.45) is -1.13. The van der Waals surface area contributed by atoms with Crippen molar-refractivity contribution in [1.29, 1.82) is 0 Å². The van der Waals surface area contributed by atoms with Gasteiger partial charge in [-0.25, -0.2) is 0 Å². The second-order valence-electron chi connectivity index (χ2n) is 7.98. The number of phenolic OH excluding ortho intramolecular Hbond substituents is 1. The van der Waals surface area contributed by atoms with Gasteiger partial charge in [0, 0.05) is 28.8 Å². The van der Waals surface area contributed by atoms with E-state index in [4.69, 9.17) is 23.8 Å². The number of nitrogens with one attached hydrogen (secondary N) is 1. The molecule has 0 bridgehead atoms. The number of benzene rings is 2. The van der Waals surface area contributed by atoms with Crippen molar-refractivity contribution in [2.24, 2.45) is 0 Å². The highest BCUT2D eigenvalue weighted by Gasteiger charge is 2.43. The Labute approximate surface area is 209 Å². The Bertz CT molecular complexity index is 1390. The van der Waals surface area contributed by atoms with Crippen molar-refractivity contribution in [2.45, 2.75) is 18.3 Å². The van der Waals surface area contributed by atoms with Crippen molar-refractivity contribution in [3.63, 3.8) is 0 Å². The number of aromatic nitrogens is 2. The van der Waals surface area contributed by atoms with Crippen molar-refractivity contribution in [3.8, 4) is 11.4 Å². The molecule has 5 rings (SSSR count). The molecule has 1 aliphatic heterocycles. The summed E-state index contributed by atoms with van der Waals surface area (Å²) in [7, 11) is 0. The average Bonchev–Trinajstić information content (AvgIpc) is 3.45. The van der Waals surface area contributed by atoms with E-state index in [0.29, 0.717) is 32.9 Å². The first kappa shape index (κ1) is 23.2. The molecule has 0 saturated carbocycles. The van der Waals surface area contributed by atoms with Crippen LogP contribution in [0.3, 0.4) is 0 Å². The van der Waals surface area contributed by atoms with E-state index in [1.807, 2.05) is 18.2 Å². The van der Waals surface area contributed by atoms with Gasteiger partial charge in [0.05, 0.1) is 23.0 Å². The van der Waals surface area contributed by atoms with Crippen LogP contribution >= 0.6 is 23.8 Å². The SMILES string of the molecule is Oc1ccc(Cl)cc1N1C(=S)N[C@H](c2ccccn2)[C@@H]1c1cccn1-c1cccc(C(F)(F)F)c1. The summed E-state index contributed by atoms with van der Waals surface area (Å²) >= 11 is 11.9. The number of hydrogen-bond acceptors (Lipinski definition) is 3. The van der Waals surface area contributed by atoms with Crippen LogP contribution in [0.5, 0.6) is 5.75 Å². The highest BCUT2D eigenvalue weighted by molar-refractivity contribution is 7.80. The largest absolute Gasteiger partial charge is 0.506 e. The fraction of sp³-hybridized carbons (Fsp3) is 0.120. The fourth-order valence-electron chi connectivity index (χ4n) is 4.31. The second-order valence-corrected chi connectivity index (χ2v) is 8.80. The Morgan fingerprint density at radius 3 is 2.57 bits per heavy atom. The van der Waals surface area contributed by atoms with Crippen molar-refractivity contribution in [2.75, 3.05) is 4.90 Å². The molecule has 1 fully saturated rings. The number of thiocarbonyl (C=S) groups is 1. The lowest BCUT2D eigenvalue weighted by molar-refractivity contribution is -0.137. The molecule has 0 unspecified atom stereocenters. The van der Waals surface area contributed by atoms with Crippen LogP contribution in [-0.4, -0.2) is 19.8 Å². The highest BCUT2D eigenvalue weighted by Crippen LogP contribution is 2.45. The summed E-state index contributed by atoms with van der Waals surface area (Å²) in [5.41, 5.74) is 1.29. The van der Waals surface area contributed by atoms with Crippen molar-refractivity contribution in [1.82, 2.24) is 14.9 Å². The zero-order valence-electron chi connectivity index (χ0n) is 17.9. The molecule has 10 heteroatoms. The number of nitrogens with zero attached hydrogens (tertiary/aromatic N) is 3. The summed E-state index contributed by atoms with van der Waals surface area (Å²) in [6, 6.07) is 17.7. The van der Waals surface area contributed by atoms with Crippen molar-refractivity contribution in [3.05, 3.63) is 107 Å². The molecule has 35 heavy (non-hydrogen) atoms. The molecule has 2 aromatic carbocycles. The molecular weight excluding hydrogens is 497 g/mol. The minimum absolute atomic E-state index is 0.0394. The molecule has 0 radical (unpaired) electrons. The van der Waals surface area contributed by atoms with E-state index in [-0.39, 0.29) is 5.75 Å². The first-order valence-corrected chi connectivity index (χ1v) is 11.4. The quantitative estimate of drug-likeness (QED) is 0.307. The second kappa shape index (κ2) is 8.90. The molecule has 178 valence electrons. The van der Waals surface area contributed by atoms with Gasteiger partial charge in [0.2, 0.25) is 0 Å². The summed E-state index contributed by atoms with van der Waals surface area (Å²) in [6.45, 7) is 0. The maximum atomic E-state index is 13.4. The number of halogens is 4. The molecule has 4 aromatic rings. The van der Waals surface area contributed by atoms with Crippen molar-refractivity contribution >= 4 is 34.6 Å². The molecule has 3 heterocycles. The van der Waals surface area contributed by atoms with Crippen LogP contribution in [0.25, 0.3) is 5.69 Å². The average molecular weight is 515 g/mol. The summed E-state index contributed by atoms with van der Waals surface area (Å²) in [5.74, 6) is -0.0394. The topological polar surface area (TPSA) is 53.3 Å².